The standard InChI is InChI=1S/C21H13N5S/c22-13-15(20-23-16-8-4-5-9-17(16)24-20)12-18-19(14-6-2-1-3-7-14)25-21-26(18)10-11-27-21/h1-12H,(H,23,24)/b15-12-. The number of hydrogen-bond donors (Lipinski definition) is 1. The predicted molar refractivity (Wildman–Crippen MR) is 108 cm³/mol. The Balaban J connectivity index is 1.72. The first kappa shape index (κ1) is 15.6. The van der Waals surface area contributed by atoms with Crippen LogP contribution in [0.4, 0.5) is 0 Å². The van der Waals surface area contributed by atoms with Gasteiger partial charge in [0.1, 0.15) is 11.9 Å². The molecule has 6 heteroatoms. The molecule has 0 aliphatic rings. The number of aromatic amines is 1. The third kappa shape index (κ3) is 2.62. The zero-order chi connectivity index (χ0) is 18.2. The number of imidazole rings is 2. The van der Waals surface area contributed by atoms with E-state index in [1.165, 1.54) is 0 Å². The largest absolute Gasteiger partial charge is 0.337 e. The molecule has 5 aromatic rings. The van der Waals surface area contributed by atoms with Gasteiger partial charge in [-0.1, -0.05) is 42.5 Å². The van der Waals surface area contributed by atoms with Gasteiger partial charge < -0.3 is 4.98 Å². The number of nitrogens with one attached hydrogen (secondary N) is 1. The molecule has 5 rings (SSSR count). The number of nitrogens with zero attached hydrogens (tertiary/aromatic N) is 4. The first-order chi connectivity index (χ1) is 13.3. The van der Waals surface area contributed by atoms with Crippen molar-refractivity contribution >= 4 is 39.0 Å². The first-order valence-electron chi connectivity index (χ1n) is 8.41. The number of allylic oxidation sites excluding steroid dienone is 1. The van der Waals surface area contributed by atoms with E-state index in [9.17, 15) is 5.26 Å². The van der Waals surface area contributed by atoms with Crippen LogP contribution in [-0.2, 0) is 0 Å². The maximum absolute atomic E-state index is 9.78. The van der Waals surface area contributed by atoms with Crippen molar-refractivity contribution in [3.05, 3.63) is 77.7 Å². The van der Waals surface area contributed by atoms with E-state index in [4.69, 9.17) is 4.98 Å². The molecule has 3 aromatic heterocycles. The monoisotopic (exact) mass is 367 g/mol. The SMILES string of the molecule is N#C/C(=C/c1c(-c2ccccc2)nc2sccn12)c1nc2ccccc2[nH]1. The van der Waals surface area contributed by atoms with Gasteiger partial charge in [-0.15, -0.1) is 11.3 Å². The summed E-state index contributed by atoms with van der Waals surface area (Å²) < 4.78 is 2.01. The molecule has 0 radical (unpaired) electrons. The lowest BCUT2D eigenvalue weighted by molar-refractivity contribution is 1.21. The van der Waals surface area contributed by atoms with E-state index in [1.54, 1.807) is 11.3 Å². The van der Waals surface area contributed by atoms with Crippen molar-refractivity contribution in [2.45, 2.75) is 0 Å². The Kier molecular flexibility index (Phi) is 3.59. The molecule has 1 N–H and O–H groups in total. The molecule has 0 spiro atoms. The Morgan fingerprint density at radius 1 is 1.07 bits per heavy atom. The summed E-state index contributed by atoms with van der Waals surface area (Å²) in [5, 5.41) is 11.8. The Labute approximate surface area is 158 Å². The first-order valence-corrected chi connectivity index (χ1v) is 9.29. The lowest BCUT2D eigenvalue weighted by atomic mass is 10.1. The third-order valence-corrected chi connectivity index (χ3v) is 5.15. The summed E-state index contributed by atoms with van der Waals surface area (Å²) in [5.74, 6) is 0.558. The number of hydrogen-bond acceptors (Lipinski definition) is 4. The summed E-state index contributed by atoms with van der Waals surface area (Å²) in [5.41, 5.74) is 4.95. The topological polar surface area (TPSA) is 69.8 Å². The minimum Gasteiger partial charge on any atom is -0.337 e. The van der Waals surface area contributed by atoms with Crippen LogP contribution in [0.1, 0.15) is 11.5 Å². The van der Waals surface area contributed by atoms with Crippen LogP contribution in [0.5, 0.6) is 0 Å². The minimum atomic E-state index is 0.469. The molecule has 0 saturated heterocycles. The zero-order valence-electron chi connectivity index (χ0n) is 14.1. The highest BCUT2D eigenvalue weighted by atomic mass is 32.1. The number of rotatable bonds is 3. The van der Waals surface area contributed by atoms with Gasteiger partial charge in [0.15, 0.2) is 4.96 Å². The number of para-hydroxylation sites is 2. The molecule has 0 unspecified atom stereocenters. The second kappa shape index (κ2) is 6.24. The maximum atomic E-state index is 9.78. The summed E-state index contributed by atoms with van der Waals surface area (Å²) >= 11 is 1.57. The highest BCUT2D eigenvalue weighted by Gasteiger charge is 2.16. The molecule has 0 amide bonds. The van der Waals surface area contributed by atoms with Gasteiger partial charge in [-0.3, -0.25) is 4.40 Å². The molecular weight excluding hydrogens is 354 g/mol. The van der Waals surface area contributed by atoms with Crippen molar-refractivity contribution in [3.63, 3.8) is 0 Å². The lowest BCUT2D eigenvalue weighted by Crippen LogP contribution is -1.90. The minimum absolute atomic E-state index is 0.469. The van der Waals surface area contributed by atoms with Gasteiger partial charge in [-0.25, -0.2) is 9.97 Å². The molecule has 0 atom stereocenters. The highest BCUT2D eigenvalue weighted by molar-refractivity contribution is 7.15. The van der Waals surface area contributed by atoms with Crippen LogP contribution in [0.25, 0.3) is 38.9 Å². The fourth-order valence-electron chi connectivity index (χ4n) is 3.12. The van der Waals surface area contributed by atoms with Crippen molar-refractivity contribution in [3.8, 4) is 17.3 Å². The number of aromatic nitrogens is 4. The fourth-order valence-corrected chi connectivity index (χ4v) is 3.84. The molecule has 0 aliphatic heterocycles. The van der Waals surface area contributed by atoms with E-state index in [1.807, 2.05) is 76.7 Å². The van der Waals surface area contributed by atoms with E-state index in [0.717, 1.165) is 32.9 Å². The Hall–Kier alpha value is -3.69. The zero-order valence-corrected chi connectivity index (χ0v) is 14.9. The van der Waals surface area contributed by atoms with Crippen LogP contribution in [0, 0.1) is 11.3 Å². The normalized spacial score (nSPS) is 11.9. The van der Waals surface area contributed by atoms with Crippen molar-refractivity contribution in [2.24, 2.45) is 0 Å². The molecule has 2 aromatic carbocycles. The summed E-state index contributed by atoms with van der Waals surface area (Å²) in [6, 6.07) is 20.0. The third-order valence-electron chi connectivity index (χ3n) is 4.39. The Morgan fingerprint density at radius 3 is 2.70 bits per heavy atom. The number of nitriles is 1. The van der Waals surface area contributed by atoms with Gasteiger partial charge >= 0.3 is 0 Å². The fraction of sp³-hybridized carbons (Fsp3) is 0. The van der Waals surface area contributed by atoms with Gasteiger partial charge in [0.05, 0.1) is 28.0 Å². The maximum Gasteiger partial charge on any atom is 0.194 e. The van der Waals surface area contributed by atoms with Gasteiger partial charge in [-0.2, -0.15) is 5.26 Å². The number of H-pyrrole nitrogens is 1. The Bertz CT molecular complexity index is 1300. The van der Waals surface area contributed by atoms with Crippen LogP contribution in [0.3, 0.4) is 0 Å². The van der Waals surface area contributed by atoms with E-state index >= 15 is 0 Å². The summed E-state index contributed by atoms with van der Waals surface area (Å²) in [6.07, 6.45) is 3.83. The molecule has 0 saturated carbocycles. The van der Waals surface area contributed by atoms with Gasteiger partial charge in [-0.05, 0) is 18.2 Å². The summed E-state index contributed by atoms with van der Waals surface area (Å²) in [4.78, 5) is 13.4. The molecule has 5 nitrogen and oxygen atoms in total. The smallest absolute Gasteiger partial charge is 0.194 e. The molecule has 0 fully saturated rings. The predicted octanol–water partition coefficient (Wildman–Crippen LogP) is 5.00. The molecule has 3 heterocycles. The van der Waals surface area contributed by atoms with Crippen molar-refractivity contribution in [2.75, 3.05) is 0 Å². The van der Waals surface area contributed by atoms with Crippen LogP contribution in [0.2, 0.25) is 0 Å². The average Bonchev–Trinajstić information content (AvgIpc) is 3.41. The van der Waals surface area contributed by atoms with Crippen LogP contribution < -0.4 is 0 Å². The summed E-state index contributed by atoms with van der Waals surface area (Å²) in [6.45, 7) is 0. The van der Waals surface area contributed by atoms with E-state index in [2.05, 4.69) is 16.0 Å². The second-order valence-electron chi connectivity index (χ2n) is 6.04. The van der Waals surface area contributed by atoms with Gasteiger partial charge in [0, 0.05) is 17.1 Å². The number of fused-ring (bicyclic) bond motifs is 2. The van der Waals surface area contributed by atoms with Crippen molar-refractivity contribution in [1.82, 2.24) is 19.4 Å². The highest BCUT2D eigenvalue weighted by Crippen LogP contribution is 2.29. The van der Waals surface area contributed by atoms with E-state index in [-0.39, 0.29) is 0 Å². The molecule has 0 aliphatic carbocycles. The summed E-state index contributed by atoms with van der Waals surface area (Å²) in [7, 11) is 0. The quantitative estimate of drug-likeness (QED) is 0.456. The number of benzene rings is 2. The lowest BCUT2D eigenvalue weighted by Gasteiger charge is -2.01. The Morgan fingerprint density at radius 2 is 1.89 bits per heavy atom. The van der Waals surface area contributed by atoms with E-state index in [0.29, 0.717) is 11.4 Å². The molecule has 128 valence electrons. The van der Waals surface area contributed by atoms with Gasteiger partial charge in [0.2, 0.25) is 0 Å². The van der Waals surface area contributed by atoms with Crippen LogP contribution in [-0.4, -0.2) is 19.4 Å². The van der Waals surface area contributed by atoms with Crippen LogP contribution >= 0.6 is 11.3 Å². The average molecular weight is 367 g/mol. The van der Waals surface area contributed by atoms with Gasteiger partial charge in [0.25, 0.3) is 0 Å². The number of thiazole rings is 1. The molecule has 27 heavy (non-hydrogen) atoms. The van der Waals surface area contributed by atoms with E-state index < -0.39 is 0 Å². The van der Waals surface area contributed by atoms with Crippen molar-refractivity contribution < 1.29 is 0 Å². The molecular formula is C21H13N5S. The second-order valence-corrected chi connectivity index (χ2v) is 6.91. The van der Waals surface area contributed by atoms with Crippen molar-refractivity contribution in [1.29, 1.82) is 5.26 Å². The van der Waals surface area contributed by atoms with Crippen LogP contribution in [0.15, 0.2) is 66.2 Å². The molecule has 0 bridgehead atoms.